The van der Waals surface area contributed by atoms with Crippen LogP contribution in [0.2, 0.25) is 10.0 Å². The van der Waals surface area contributed by atoms with Crippen molar-refractivity contribution in [3.8, 4) is 0 Å². The molecule has 1 atom stereocenters. The molecule has 3 N–H and O–H groups in total. The van der Waals surface area contributed by atoms with Crippen LogP contribution in [0.4, 0.5) is 5.69 Å². The van der Waals surface area contributed by atoms with Gasteiger partial charge in [-0.1, -0.05) is 29.3 Å². The third-order valence-electron chi connectivity index (χ3n) is 1.96. The predicted octanol–water partition coefficient (Wildman–Crippen LogP) is 1.43. The summed E-state index contributed by atoms with van der Waals surface area (Å²) in [6.07, 6.45) is -0.725. The van der Waals surface area contributed by atoms with E-state index in [2.05, 4.69) is 10.6 Å². The molecule has 0 radical (unpaired) electrons. The minimum Gasteiger partial charge on any atom is -0.392 e. The first-order valence-corrected chi connectivity index (χ1v) is 5.88. The van der Waals surface area contributed by atoms with Crippen LogP contribution in [0.3, 0.4) is 0 Å². The Morgan fingerprint density at radius 2 is 2.00 bits per heavy atom. The Bertz CT molecular complexity index is 464. The smallest absolute Gasteiger partial charge is 0.313 e. The van der Waals surface area contributed by atoms with Gasteiger partial charge in [0.05, 0.1) is 21.8 Å². The molecule has 0 heterocycles. The average molecular weight is 291 g/mol. The van der Waals surface area contributed by atoms with E-state index in [-0.39, 0.29) is 22.3 Å². The van der Waals surface area contributed by atoms with E-state index < -0.39 is 17.9 Å². The Balaban J connectivity index is 2.64. The molecular formula is C11H12Cl2N2O3. The summed E-state index contributed by atoms with van der Waals surface area (Å²) < 4.78 is 0. The van der Waals surface area contributed by atoms with Crippen LogP contribution in [0.15, 0.2) is 18.2 Å². The van der Waals surface area contributed by atoms with Gasteiger partial charge in [-0.05, 0) is 19.1 Å². The Morgan fingerprint density at radius 3 is 2.61 bits per heavy atom. The highest BCUT2D eigenvalue weighted by Gasteiger charge is 2.15. The summed E-state index contributed by atoms with van der Waals surface area (Å²) in [6.45, 7) is 1.49. The highest BCUT2D eigenvalue weighted by atomic mass is 35.5. The van der Waals surface area contributed by atoms with Gasteiger partial charge in [-0.2, -0.15) is 0 Å². The second kappa shape index (κ2) is 6.58. The summed E-state index contributed by atoms with van der Waals surface area (Å²) in [5, 5.41) is 14.0. The van der Waals surface area contributed by atoms with Gasteiger partial charge < -0.3 is 15.7 Å². The van der Waals surface area contributed by atoms with Crippen molar-refractivity contribution in [2.24, 2.45) is 0 Å². The van der Waals surface area contributed by atoms with E-state index in [1.807, 2.05) is 0 Å². The lowest BCUT2D eigenvalue weighted by molar-refractivity contribution is -0.136. The van der Waals surface area contributed by atoms with Crippen molar-refractivity contribution >= 4 is 40.7 Å². The van der Waals surface area contributed by atoms with Crippen LogP contribution in [0.25, 0.3) is 0 Å². The lowest BCUT2D eigenvalue weighted by Crippen LogP contribution is -2.38. The molecule has 0 spiro atoms. The zero-order chi connectivity index (χ0) is 13.7. The number of halogens is 2. The molecule has 2 amide bonds. The van der Waals surface area contributed by atoms with E-state index in [1.165, 1.54) is 13.0 Å². The largest absolute Gasteiger partial charge is 0.392 e. The predicted molar refractivity (Wildman–Crippen MR) is 69.8 cm³/mol. The van der Waals surface area contributed by atoms with E-state index in [4.69, 9.17) is 28.3 Å². The molecular weight excluding hydrogens is 279 g/mol. The van der Waals surface area contributed by atoms with E-state index >= 15 is 0 Å². The standard InChI is InChI=1S/C11H12Cl2N2O3/c1-6(16)5-14-10(17)11(18)15-8-4-2-3-7(12)9(8)13/h2-4,6,16H,5H2,1H3,(H,14,17)(H,15,18)/t6-/m1/s1. The molecule has 1 aromatic carbocycles. The fourth-order valence-electron chi connectivity index (χ4n) is 1.10. The molecule has 98 valence electrons. The van der Waals surface area contributed by atoms with Crippen molar-refractivity contribution in [2.75, 3.05) is 11.9 Å². The molecule has 0 aliphatic carbocycles. The topological polar surface area (TPSA) is 78.4 Å². The number of rotatable bonds is 3. The Morgan fingerprint density at radius 1 is 1.33 bits per heavy atom. The molecule has 18 heavy (non-hydrogen) atoms. The van der Waals surface area contributed by atoms with Crippen molar-refractivity contribution in [1.29, 1.82) is 0 Å². The van der Waals surface area contributed by atoms with Crippen LogP contribution < -0.4 is 10.6 Å². The van der Waals surface area contributed by atoms with Gasteiger partial charge in [0.1, 0.15) is 0 Å². The number of nitrogens with one attached hydrogen (secondary N) is 2. The number of anilines is 1. The Hall–Kier alpha value is -1.30. The third-order valence-corrected chi connectivity index (χ3v) is 2.78. The quantitative estimate of drug-likeness (QED) is 0.737. The summed E-state index contributed by atoms with van der Waals surface area (Å²) in [5.74, 6) is -1.73. The molecule has 1 rings (SSSR count). The van der Waals surface area contributed by atoms with E-state index in [0.717, 1.165) is 0 Å². The second-order valence-corrected chi connectivity index (χ2v) is 4.40. The lowest BCUT2D eigenvalue weighted by atomic mass is 10.3. The van der Waals surface area contributed by atoms with Crippen LogP contribution in [-0.4, -0.2) is 29.6 Å². The first-order valence-electron chi connectivity index (χ1n) is 5.13. The first-order chi connectivity index (χ1) is 8.41. The van der Waals surface area contributed by atoms with Gasteiger partial charge in [0.15, 0.2) is 0 Å². The molecule has 0 aliphatic heterocycles. The molecule has 0 aliphatic rings. The van der Waals surface area contributed by atoms with Crippen molar-refractivity contribution in [3.63, 3.8) is 0 Å². The number of hydrogen-bond acceptors (Lipinski definition) is 3. The molecule has 7 heteroatoms. The van der Waals surface area contributed by atoms with Crippen LogP contribution >= 0.6 is 23.2 Å². The summed E-state index contributed by atoms with van der Waals surface area (Å²) >= 11 is 11.6. The van der Waals surface area contributed by atoms with Gasteiger partial charge in [-0.3, -0.25) is 9.59 Å². The molecule has 0 saturated heterocycles. The maximum atomic E-state index is 11.5. The molecule has 0 unspecified atom stereocenters. The number of aliphatic hydroxyl groups excluding tert-OH is 1. The highest BCUT2D eigenvalue weighted by Crippen LogP contribution is 2.29. The number of hydrogen-bond donors (Lipinski definition) is 3. The van der Waals surface area contributed by atoms with Gasteiger partial charge >= 0.3 is 11.8 Å². The molecule has 0 saturated carbocycles. The zero-order valence-electron chi connectivity index (χ0n) is 9.54. The monoisotopic (exact) mass is 290 g/mol. The van der Waals surface area contributed by atoms with E-state index in [9.17, 15) is 9.59 Å². The number of aliphatic hydroxyl groups is 1. The summed E-state index contributed by atoms with van der Waals surface area (Å²) in [5.41, 5.74) is 0.251. The molecule has 0 bridgehead atoms. The SMILES string of the molecule is C[C@@H](O)CNC(=O)C(=O)Nc1cccc(Cl)c1Cl. The number of carbonyl (C=O) groups excluding carboxylic acids is 2. The van der Waals surface area contributed by atoms with E-state index in [1.54, 1.807) is 12.1 Å². The normalized spacial score (nSPS) is 11.8. The summed E-state index contributed by atoms with van der Waals surface area (Å²) in [4.78, 5) is 22.8. The third kappa shape index (κ3) is 4.18. The highest BCUT2D eigenvalue weighted by molar-refractivity contribution is 6.45. The summed E-state index contributed by atoms with van der Waals surface area (Å²) in [7, 11) is 0. The molecule has 0 aromatic heterocycles. The fraction of sp³-hybridized carbons (Fsp3) is 0.273. The van der Waals surface area contributed by atoms with E-state index in [0.29, 0.717) is 0 Å². The summed E-state index contributed by atoms with van der Waals surface area (Å²) in [6, 6.07) is 4.68. The minimum absolute atomic E-state index is 0.00443. The number of benzene rings is 1. The van der Waals surface area contributed by atoms with Crippen LogP contribution in [0.5, 0.6) is 0 Å². The maximum Gasteiger partial charge on any atom is 0.313 e. The molecule has 5 nitrogen and oxygen atoms in total. The van der Waals surface area contributed by atoms with Gasteiger partial charge in [0, 0.05) is 6.54 Å². The lowest BCUT2D eigenvalue weighted by Gasteiger charge is -2.09. The van der Waals surface area contributed by atoms with Crippen LogP contribution in [-0.2, 0) is 9.59 Å². The Labute approximate surface area is 114 Å². The Kier molecular flexibility index (Phi) is 5.40. The first kappa shape index (κ1) is 14.8. The number of amides is 2. The average Bonchev–Trinajstić information content (AvgIpc) is 2.31. The van der Waals surface area contributed by atoms with Crippen molar-refractivity contribution < 1.29 is 14.7 Å². The fourth-order valence-corrected chi connectivity index (χ4v) is 1.45. The zero-order valence-corrected chi connectivity index (χ0v) is 11.0. The van der Waals surface area contributed by atoms with Crippen LogP contribution in [0.1, 0.15) is 6.92 Å². The number of carbonyl (C=O) groups is 2. The maximum absolute atomic E-state index is 11.5. The van der Waals surface area contributed by atoms with Gasteiger partial charge in [0.2, 0.25) is 0 Å². The molecule has 0 fully saturated rings. The van der Waals surface area contributed by atoms with Gasteiger partial charge in [0.25, 0.3) is 0 Å². The van der Waals surface area contributed by atoms with Crippen molar-refractivity contribution in [2.45, 2.75) is 13.0 Å². The van der Waals surface area contributed by atoms with Crippen LogP contribution in [0, 0.1) is 0 Å². The van der Waals surface area contributed by atoms with Gasteiger partial charge in [-0.15, -0.1) is 0 Å². The van der Waals surface area contributed by atoms with Gasteiger partial charge in [-0.25, -0.2) is 0 Å². The minimum atomic E-state index is -0.875. The molecule has 1 aromatic rings. The van der Waals surface area contributed by atoms with Crippen molar-refractivity contribution in [1.82, 2.24) is 5.32 Å². The van der Waals surface area contributed by atoms with Crippen molar-refractivity contribution in [3.05, 3.63) is 28.2 Å². The second-order valence-electron chi connectivity index (χ2n) is 3.61.